The minimum Gasteiger partial charge on any atom is -0.470 e. The zero-order chi connectivity index (χ0) is 54.3. The summed E-state index contributed by atoms with van der Waals surface area (Å²) in [7, 11) is 8.38. The SMILES string of the molecule is [C-]#[N+]/C(=C\c1cccn1C)C(=O)OCC1(COC(=O)/C(=C/c2cccn2C)[N+]#[C-])COCC(COC(=O)/C(C#N)=C/c2cccn2C)(COC(=O)/C(C#N)=C/c2cccn2C)C1OC(=O)/C(=C/c1cccn1C)[N+]#[C-]. The summed E-state index contributed by atoms with van der Waals surface area (Å²) in [4.78, 5) is 80.9. The highest BCUT2D eigenvalue weighted by molar-refractivity contribution is 5.99. The normalized spacial score (nSPS) is 16.7. The quantitative estimate of drug-likeness (QED) is 0.0311. The van der Waals surface area contributed by atoms with E-state index in [0.29, 0.717) is 28.5 Å². The molecule has 0 aromatic carbocycles. The molecule has 0 amide bonds. The number of aryl methyl sites for hydroxylation is 5. The van der Waals surface area contributed by atoms with Gasteiger partial charge in [0.05, 0.1) is 43.8 Å². The van der Waals surface area contributed by atoms with Gasteiger partial charge in [-0.2, -0.15) is 10.5 Å². The van der Waals surface area contributed by atoms with Gasteiger partial charge >= 0.3 is 29.8 Å². The second-order valence-corrected chi connectivity index (χ2v) is 17.3. The highest BCUT2D eigenvalue weighted by Gasteiger charge is 2.60. The molecule has 1 atom stereocenters. The molecular formula is C54H48N10O11. The molecule has 75 heavy (non-hydrogen) atoms. The molecule has 21 heteroatoms. The molecule has 0 radical (unpaired) electrons. The molecular weight excluding hydrogens is 965 g/mol. The lowest BCUT2D eigenvalue weighted by Crippen LogP contribution is -2.65. The van der Waals surface area contributed by atoms with E-state index in [1.807, 2.05) is 12.1 Å². The maximum absolute atomic E-state index is 14.7. The van der Waals surface area contributed by atoms with Crippen LogP contribution in [0.4, 0.5) is 0 Å². The lowest BCUT2D eigenvalue weighted by Gasteiger charge is -2.51. The highest BCUT2D eigenvalue weighted by Crippen LogP contribution is 2.45. The zero-order valence-electron chi connectivity index (χ0n) is 41.3. The molecule has 0 aliphatic carbocycles. The summed E-state index contributed by atoms with van der Waals surface area (Å²) < 4.78 is 44.2. The number of esters is 5. The standard InChI is InChI=1S/C54H48N10O11/c1-57-44(26-41-16-11-21-62(41)6)49(67)73-35-54(36-74-50(68)45(58-2)27-42-17-12-22-63(42)7)32-70-31-53(33-71-47(65)37(29-55)24-39-14-9-19-60(39)4,34-72-48(66)38(30-56)25-40-15-10-20-61(40)5)52(54)75-51(69)46(59-3)28-43-18-13-23-64(43)8/h9-28,52H,31-36H2,4-8H3/b37-24+,38-25+,44-26-,45-27-,46-28-. The maximum Gasteiger partial charge on any atom is 0.348 e. The zero-order valence-corrected chi connectivity index (χ0v) is 41.3. The third kappa shape index (κ3) is 12.9. The Morgan fingerprint density at radius 3 is 1.07 bits per heavy atom. The van der Waals surface area contributed by atoms with Crippen LogP contribution in [0.3, 0.4) is 0 Å². The predicted octanol–water partition coefficient (Wildman–Crippen LogP) is 5.86. The van der Waals surface area contributed by atoms with Crippen LogP contribution in [0.25, 0.3) is 44.9 Å². The molecule has 380 valence electrons. The largest absolute Gasteiger partial charge is 0.470 e. The van der Waals surface area contributed by atoms with E-state index in [1.165, 1.54) is 30.4 Å². The maximum atomic E-state index is 14.7. The summed E-state index contributed by atoms with van der Waals surface area (Å²) >= 11 is 0. The smallest absolute Gasteiger partial charge is 0.348 e. The average Bonchev–Trinajstić information content (AvgIpc) is 4.28. The predicted molar refractivity (Wildman–Crippen MR) is 267 cm³/mol. The number of hydrogen-bond acceptors (Lipinski definition) is 13. The van der Waals surface area contributed by atoms with Gasteiger partial charge in [-0.05, 0) is 91.0 Å². The van der Waals surface area contributed by atoms with Crippen LogP contribution in [0.1, 0.15) is 28.5 Å². The third-order valence-electron chi connectivity index (χ3n) is 12.1. The first-order valence-corrected chi connectivity index (χ1v) is 22.6. The van der Waals surface area contributed by atoms with Gasteiger partial charge < -0.3 is 51.3 Å². The minimum atomic E-state index is -2.16. The Balaban J connectivity index is 1.53. The van der Waals surface area contributed by atoms with Gasteiger partial charge in [0.15, 0.2) is 0 Å². The lowest BCUT2D eigenvalue weighted by atomic mass is 9.67. The molecule has 21 nitrogen and oxygen atoms in total. The second-order valence-electron chi connectivity index (χ2n) is 17.3. The number of carbonyl (C=O) groups is 5. The molecule has 0 N–H and O–H groups in total. The summed E-state index contributed by atoms with van der Waals surface area (Å²) in [6.07, 6.45) is 12.7. The van der Waals surface area contributed by atoms with Crippen LogP contribution in [0.2, 0.25) is 0 Å². The Hall–Kier alpha value is -10.1. The minimum absolute atomic E-state index is 0.393. The summed E-state index contributed by atoms with van der Waals surface area (Å²) in [5.41, 5.74) is -4.74. The number of hydrogen-bond donors (Lipinski definition) is 0. The van der Waals surface area contributed by atoms with Gasteiger partial charge in [-0.25, -0.2) is 24.1 Å². The van der Waals surface area contributed by atoms with E-state index in [1.54, 1.807) is 150 Å². The lowest BCUT2D eigenvalue weighted by molar-refractivity contribution is -0.246. The van der Waals surface area contributed by atoms with Crippen molar-refractivity contribution >= 4 is 60.2 Å². The Bertz CT molecular complexity index is 3040. The number of nitriles is 2. The van der Waals surface area contributed by atoms with Crippen molar-refractivity contribution in [3.63, 3.8) is 0 Å². The summed E-state index contributed by atoms with van der Waals surface area (Å²) in [5, 5.41) is 20.4. The summed E-state index contributed by atoms with van der Waals surface area (Å²) in [6.45, 7) is 18.9. The van der Waals surface area contributed by atoms with E-state index in [4.69, 9.17) is 48.1 Å². The molecule has 5 aromatic heterocycles. The van der Waals surface area contributed by atoms with E-state index in [-0.39, 0.29) is 0 Å². The monoisotopic (exact) mass is 1010 g/mol. The van der Waals surface area contributed by atoms with Crippen LogP contribution < -0.4 is 0 Å². The van der Waals surface area contributed by atoms with E-state index >= 15 is 0 Å². The van der Waals surface area contributed by atoms with E-state index in [9.17, 15) is 34.5 Å². The molecule has 6 heterocycles. The van der Waals surface area contributed by atoms with Gasteiger partial charge in [0, 0.05) is 94.7 Å². The number of ether oxygens (including phenoxy) is 6. The number of rotatable bonds is 19. The van der Waals surface area contributed by atoms with Gasteiger partial charge in [0.25, 0.3) is 17.1 Å². The molecule has 1 saturated heterocycles. The Morgan fingerprint density at radius 2 is 0.800 bits per heavy atom. The highest BCUT2D eigenvalue weighted by atomic mass is 16.6. The van der Waals surface area contributed by atoms with Crippen molar-refractivity contribution in [2.75, 3.05) is 39.6 Å². The first kappa shape index (κ1) is 54.2. The first-order valence-electron chi connectivity index (χ1n) is 22.6. The summed E-state index contributed by atoms with van der Waals surface area (Å²) in [5.74, 6) is -6.09. The van der Waals surface area contributed by atoms with Gasteiger partial charge in [-0.1, -0.05) is 0 Å². The van der Waals surface area contributed by atoms with E-state index in [2.05, 4.69) is 14.5 Å². The molecule has 1 unspecified atom stereocenters. The van der Waals surface area contributed by atoms with Gasteiger partial charge in [0.2, 0.25) is 0 Å². The fraction of sp³-hybridized carbons (Fsp3) is 0.259. The van der Waals surface area contributed by atoms with Crippen LogP contribution >= 0.6 is 0 Å². The molecule has 6 rings (SSSR count). The molecule has 0 bridgehead atoms. The van der Waals surface area contributed by atoms with E-state index in [0.717, 1.165) is 0 Å². The van der Waals surface area contributed by atoms with Crippen LogP contribution in [0.15, 0.2) is 120 Å². The molecule has 0 saturated carbocycles. The molecule has 1 fully saturated rings. The van der Waals surface area contributed by atoms with Gasteiger partial charge in [-0.15, -0.1) is 0 Å². The fourth-order valence-electron chi connectivity index (χ4n) is 7.89. The van der Waals surface area contributed by atoms with Crippen molar-refractivity contribution in [2.45, 2.75) is 6.10 Å². The number of nitrogens with zero attached hydrogens (tertiary/aromatic N) is 10. The number of carbonyl (C=O) groups excluding carboxylic acids is 5. The average molecular weight is 1010 g/mol. The van der Waals surface area contributed by atoms with Gasteiger partial charge in [0.1, 0.15) is 55.8 Å². The molecule has 0 spiro atoms. The van der Waals surface area contributed by atoms with Crippen molar-refractivity contribution in [3.05, 3.63) is 183 Å². The summed E-state index contributed by atoms with van der Waals surface area (Å²) in [6, 6.07) is 20.1. The number of aromatic nitrogens is 5. The van der Waals surface area contributed by atoms with Crippen molar-refractivity contribution in [3.8, 4) is 12.1 Å². The molecule has 5 aromatic rings. The Labute approximate surface area is 431 Å². The fourth-order valence-corrected chi connectivity index (χ4v) is 7.89. The van der Waals surface area contributed by atoms with Crippen molar-refractivity contribution in [1.82, 2.24) is 22.8 Å². The van der Waals surface area contributed by atoms with Crippen LogP contribution in [-0.2, 0) is 87.6 Å². The van der Waals surface area contributed by atoms with Crippen LogP contribution in [0.5, 0.6) is 0 Å². The Morgan fingerprint density at radius 1 is 0.520 bits per heavy atom. The van der Waals surface area contributed by atoms with Crippen LogP contribution in [-0.4, -0.2) is 98.4 Å². The first-order chi connectivity index (χ1) is 36.0. The van der Waals surface area contributed by atoms with Crippen molar-refractivity contribution in [1.29, 1.82) is 10.5 Å². The van der Waals surface area contributed by atoms with E-state index < -0.39 is 115 Å². The Kier molecular flexibility index (Phi) is 17.6. The second kappa shape index (κ2) is 24.3. The van der Waals surface area contributed by atoms with Crippen molar-refractivity contribution < 1.29 is 52.4 Å². The molecule has 1 aliphatic rings. The van der Waals surface area contributed by atoms with Crippen molar-refractivity contribution in [2.24, 2.45) is 46.1 Å². The van der Waals surface area contributed by atoms with Crippen LogP contribution in [0, 0.1) is 53.2 Å². The third-order valence-corrected chi connectivity index (χ3v) is 12.1. The topological polar surface area (TPSA) is 226 Å². The van der Waals surface area contributed by atoms with Gasteiger partial charge in [-0.3, -0.25) is 14.4 Å². The molecule has 1 aliphatic heterocycles.